The summed E-state index contributed by atoms with van der Waals surface area (Å²) in [7, 11) is 1.58. The number of carbonyl (C=O) groups excluding carboxylic acids is 2. The largest absolute Gasteiger partial charge is 0.497 e. The zero-order valence-electron chi connectivity index (χ0n) is 15.6. The molecule has 6 heteroatoms. The van der Waals surface area contributed by atoms with Crippen LogP contribution in [0.4, 0.5) is 5.69 Å². The van der Waals surface area contributed by atoms with Gasteiger partial charge in [-0.25, -0.2) is 0 Å². The van der Waals surface area contributed by atoms with Crippen LogP contribution in [0, 0.1) is 6.92 Å². The quantitative estimate of drug-likeness (QED) is 0.637. The molecule has 1 heterocycles. The number of aryl methyl sites for hydroxylation is 1. The van der Waals surface area contributed by atoms with E-state index in [2.05, 4.69) is 10.6 Å². The van der Waals surface area contributed by atoms with Crippen molar-refractivity contribution in [2.24, 2.45) is 0 Å². The minimum absolute atomic E-state index is 0.0899. The molecule has 2 N–H and O–H groups in total. The predicted molar refractivity (Wildman–Crippen MR) is 107 cm³/mol. The maximum atomic E-state index is 12.8. The van der Waals surface area contributed by atoms with Gasteiger partial charge in [-0.15, -0.1) is 0 Å². The fourth-order valence-electron chi connectivity index (χ4n) is 2.45. The normalized spacial score (nSPS) is 11.0. The summed E-state index contributed by atoms with van der Waals surface area (Å²) in [5.74, 6) is -0.144. The van der Waals surface area contributed by atoms with Gasteiger partial charge in [-0.2, -0.15) is 0 Å². The molecule has 0 radical (unpaired) electrons. The number of ether oxygens (including phenoxy) is 1. The summed E-state index contributed by atoms with van der Waals surface area (Å²) in [6, 6.07) is 17.6. The van der Waals surface area contributed by atoms with Crippen LogP contribution in [0.3, 0.4) is 0 Å². The van der Waals surface area contributed by atoms with Crippen molar-refractivity contribution in [3.05, 3.63) is 89.5 Å². The highest BCUT2D eigenvalue weighted by Gasteiger charge is 2.16. The molecule has 2 aromatic carbocycles. The molecule has 2 amide bonds. The van der Waals surface area contributed by atoms with Crippen molar-refractivity contribution in [1.29, 1.82) is 0 Å². The molecule has 1 aromatic heterocycles. The molecule has 0 aliphatic heterocycles. The van der Waals surface area contributed by atoms with Crippen LogP contribution in [0.5, 0.6) is 5.75 Å². The van der Waals surface area contributed by atoms with E-state index in [1.165, 1.54) is 12.3 Å². The van der Waals surface area contributed by atoms with Crippen LogP contribution in [-0.2, 0) is 4.79 Å². The van der Waals surface area contributed by atoms with Crippen LogP contribution in [0.15, 0.2) is 77.0 Å². The van der Waals surface area contributed by atoms with Gasteiger partial charge in [0.2, 0.25) is 0 Å². The van der Waals surface area contributed by atoms with Crippen molar-refractivity contribution in [3.8, 4) is 5.75 Å². The Morgan fingerprint density at radius 2 is 1.71 bits per heavy atom. The summed E-state index contributed by atoms with van der Waals surface area (Å²) in [5.41, 5.74) is 2.53. The number of methoxy groups -OCH3 is 1. The van der Waals surface area contributed by atoms with E-state index in [9.17, 15) is 9.59 Å². The summed E-state index contributed by atoms with van der Waals surface area (Å²) in [6.07, 6.45) is 2.98. The second-order valence-electron chi connectivity index (χ2n) is 6.08. The summed E-state index contributed by atoms with van der Waals surface area (Å²) in [6.45, 7) is 1.96. The third-order valence-corrected chi connectivity index (χ3v) is 3.97. The lowest BCUT2D eigenvalue weighted by Crippen LogP contribution is -2.30. The van der Waals surface area contributed by atoms with Crippen LogP contribution < -0.4 is 15.4 Å². The van der Waals surface area contributed by atoms with E-state index < -0.39 is 11.8 Å². The van der Waals surface area contributed by atoms with E-state index in [-0.39, 0.29) is 11.5 Å². The number of benzene rings is 2. The van der Waals surface area contributed by atoms with Crippen LogP contribution in [-0.4, -0.2) is 18.9 Å². The van der Waals surface area contributed by atoms with Crippen LogP contribution in [0.25, 0.3) is 6.08 Å². The molecular formula is C22H20N2O4. The van der Waals surface area contributed by atoms with Crippen molar-refractivity contribution in [3.63, 3.8) is 0 Å². The first-order valence-corrected chi connectivity index (χ1v) is 8.64. The molecule has 142 valence electrons. The molecule has 0 aliphatic carbocycles. The van der Waals surface area contributed by atoms with E-state index in [1.54, 1.807) is 55.7 Å². The molecule has 0 atom stereocenters. The van der Waals surface area contributed by atoms with Crippen LogP contribution in [0.2, 0.25) is 0 Å². The second kappa shape index (κ2) is 8.73. The monoisotopic (exact) mass is 376 g/mol. The Hall–Kier alpha value is -3.80. The number of rotatable bonds is 6. The first-order valence-electron chi connectivity index (χ1n) is 8.64. The molecular weight excluding hydrogens is 356 g/mol. The minimum Gasteiger partial charge on any atom is -0.497 e. The number of hydrogen-bond donors (Lipinski definition) is 2. The standard InChI is InChI=1S/C22H20N2O4/c1-15-5-9-17(10-6-15)23-21(25)19(24-22(26)20-4-3-13-28-20)14-16-7-11-18(27-2)12-8-16/h3-14H,1-2H3,(H,23,25)(H,24,26)/b19-14-. The molecule has 0 spiro atoms. The molecule has 28 heavy (non-hydrogen) atoms. The molecule has 3 aromatic rings. The highest BCUT2D eigenvalue weighted by atomic mass is 16.5. The Morgan fingerprint density at radius 1 is 1.00 bits per heavy atom. The van der Waals surface area contributed by atoms with Gasteiger partial charge in [0, 0.05) is 5.69 Å². The Bertz CT molecular complexity index is 972. The lowest BCUT2D eigenvalue weighted by molar-refractivity contribution is -0.113. The van der Waals surface area contributed by atoms with E-state index in [4.69, 9.17) is 9.15 Å². The lowest BCUT2D eigenvalue weighted by Gasteiger charge is -2.11. The summed E-state index contributed by atoms with van der Waals surface area (Å²) in [5, 5.41) is 5.40. The van der Waals surface area contributed by atoms with Gasteiger partial charge in [-0.05, 0) is 55.0 Å². The summed E-state index contributed by atoms with van der Waals surface area (Å²) in [4.78, 5) is 25.1. The predicted octanol–water partition coefficient (Wildman–Crippen LogP) is 4.01. The molecule has 0 aliphatic rings. The molecule has 0 bridgehead atoms. The maximum Gasteiger partial charge on any atom is 0.291 e. The smallest absolute Gasteiger partial charge is 0.291 e. The summed E-state index contributed by atoms with van der Waals surface area (Å²) < 4.78 is 10.2. The van der Waals surface area contributed by atoms with Gasteiger partial charge in [-0.1, -0.05) is 29.8 Å². The van der Waals surface area contributed by atoms with E-state index in [0.717, 1.165) is 11.1 Å². The number of anilines is 1. The number of hydrogen-bond acceptors (Lipinski definition) is 4. The van der Waals surface area contributed by atoms with Gasteiger partial charge < -0.3 is 19.8 Å². The fraction of sp³-hybridized carbons (Fsp3) is 0.0909. The van der Waals surface area contributed by atoms with Crippen molar-refractivity contribution in [2.75, 3.05) is 12.4 Å². The Morgan fingerprint density at radius 3 is 2.32 bits per heavy atom. The van der Waals surface area contributed by atoms with Crippen molar-refractivity contribution in [1.82, 2.24) is 5.32 Å². The molecule has 0 fully saturated rings. The van der Waals surface area contributed by atoms with Gasteiger partial charge in [0.1, 0.15) is 11.4 Å². The first kappa shape index (κ1) is 19.0. The minimum atomic E-state index is -0.510. The topological polar surface area (TPSA) is 80.6 Å². The molecule has 0 saturated carbocycles. The number of carbonyl (C=O) groups is 2. The van der Waals surface area contributed by atoms with E-state index >= 15 is 0 Å². The average Bonchev–Trinajstić information content (AvgIpc) is 3.25. The van der Waals surface area contributed by atoms with E-state index in [0.29, 0.717) is 11.4 Å². The van der Waals surface area contributed by atoms with Gasteiger partial charge in [-0.3, -0.25) is 9.59 Å². The maximum absolute atomic E-state index is 12.8. The molecule has 0 unspecified atom stereocenters. The first-order chi connectivity index (χ1) is 13.5. The third kappa shape index (κ3) is 4.88. The fourth-order valence-corrected chi connectivity index (χ4v) is 2.45. The highest BCUT2D eigenvalue weighted by molar-refractivity contribution is 6.10. The van der Waals surface area contributed by atoms with Gasteiger partial charge in [0.05, 0.1) is 13.4 Å². The van der Waals surface area contributed by atoms with Crippen molar-refractivity contribution in [2.45, 2.75) is 6.92 Å². The average molecular weight is 376 g/mol. The van der Waals surface area contributed by atoms with Crippen molar-refractivity contribution < 1.29 is 18.7 Å². The van der Waals surface area contributed by atoms with E-state index in [1.807, 2.05) is 19.1 Å². The summed E-state index contributed by atoms with van der Waals surface area (Å²) >= 11 is 0. The van der Waals surface area contributed by atoms with Crippen LogP contribution in [0.1, 0.15) is 21.7 Å². The SMILES string of the molecule is COc1ccc(/C=C(\NC(=O)c2ccco2)C(=O)Nc2ccc(C)cc2)cc1. The van der Waals surface area contributed by atoms with Crippen molar-refractivity contribution >= 4 is 23.6 Å². The zero-order chi connectivity index (χ0) is 19.9. The number of amides is 2. The number of nitrogens with one attached hydrogen (secondary N) is 2. The Kier molecular flexibility index (Phi) is 5.91. The highest BCUT2D eigenvalue weighted by Crippen LogP contribution is 2.15. The van der Waals surface area contributed by atoms with Gasteiger partial charge in [0.15, 0.2) is 5.76 Å². The Labute approximate surface area is 162 Å². The second-order valence-corrected chi connectivity index (χ2v) is 6.08. The lowest BCUT2D eigenvalue weighted by atomic mass is 10.1. The third-order valence-electron chi connectivity index (χ3n) is 3.97. The van der Waals surface area contributed by atoms with Crippen LogP contribution >= 0.6 is 0 Å². The molecule has 3 rings (SSSR count). The molecule has 0 saturated heterocycles. The zero-order valence-corrected chi connectivity index (χ0v) is 15.6. The molecule has 6 nitrogen and oxygen atoms in total. The van der Waals surface area contributed by atoms with Gasteiger partial charge in [0.25, 0.3) is 11.8 Å². The number of furan rings is 1. The Balaban J connectivity index is 1.85. The van der Waals surface area contributed by atoms with Gasteiger partial charge >= 0.3 is 0 Å².